The minimum absolute atomic E-state index is 0.148. The Bertz CT molecular complexity index is 1180. The van der Waals surface area contributed by atoms with E-state index in [9.17, 15) is 9.18 Å². The third-order valence-corrected chi connectivity index (χ3v) is 4.52. The first-order valence-corrected chi connectivity index (χ1v) is 10.1. The summed E-state index contributed by atoms with van der Waals surface area (Å²) in [5.41, 5.74) is 0.772. The van der Waals surface area contributed by atoms with E-state index >= 15 is 0 Å². The number of rotatable bonds is 9. The minimum Gasteiger partial charge on any atom is -0.494 e. The maximum absolute atomic E-state index is 13.3. The van der Waals surface area contributed by atoms with Gasteiger partial charge in [0.25, 0.3) is 5.91 Å². The van der Waals surface area contributed by atoms with E-state index in [2.05, 4.69) is 10.4 Å². The van der Waals surface area contributed by atoms with Crippen molar-refractivity contribution in [3.63, 3.8) is 0 Å². The van der Waals surface area contributed by atoms with Crippen molar-refractivity contribution in [2.45, 2.75) is 20.1 Å². The Labute approximate surface area is 184 Å². The lowest BCUT2D eigenvalue weighted by Crippen LogP contribution is -2.12. The molecular formula is C24H22FN3O4. The second-order valence-corrected chi connectivity index (χ2v) is 6.94. The summed E-state index contributed by atoms with van der Waals surface area (Å²) in [6.07, 6.45) is 1.71. The third-order valence-electron chi connectivity index (χ3n) is 4.52. The van der Waals surface area contributed by atoms with Gasteiger partial charge in [-0.1, -0.05) is 12.1 Å². The van der Waals surface area contributed by atoms with Crippen molar-refractivity contribution in [3.8, 4) is 11.5 Å². The van der Waals surface area contributed by atoms with E-state index in [1.54, 1.807) is 35.1 Å². The van der Waals surface area contributed by atoms with Gasteiger partial charge in [-0.2, -0.15) is 5.10 Å². The number of furan rings is 1. The van der Waals surface area contributed by atoms with Crippen molar-refractivity contribution < 1.29 is 23.1 Å². The highest BCUT2D eigenvalue weighted by atomic mass is 19.1. The lowest BCUT2D eigenvalue weighted by atomic mass is 10.2. The SMILES string of the molecule is CCOc1ccc(OCc2ccc(C(=O)Nc3ccn(Cc4cccc(F)c4)n3)o2)cc1. The van der Waals surface area contributed by atoms with Crippen molar-refractivity contribution in [2.24, 2.45) is 0 Å². The number of benzene rings is 2. The summed E-state index contributed by atoms with van der Waals surface area (Å²) in [4.78, 5) is 12.5. The predicted octanol–water partition coefficient (Wildman–Crippen LogP) is 4.89. The van der Waals surface area contributed by atoms with Crippen LogP contribution in [0.4, 0.5) is 10.2 Å². The number of aromatic nitrogens is 2. The molecule has 0 radical (unpaired) electrons. The standard InChI is InChI=1S/C24H22FN3O4/c1-2-30-19-6-8-20(9-7-19)31-16-21-10-11-22(32-21)24(29)26-23-12-13-28(27-23)15-17-4-3-5-18(25)14-17/h3-14H,2,15-16H2,1H3,(H,26,27,29). The average Bonchev–Trinajstić information content (AvgIpc) is 3.43. The second-order valence-electron chi connectivity index (χ2n) is 6.94. The Morgan fingerprint density at radius 2 is 1.84 bits per heavy atom. The molecule has 2 aromatic heterocycles. The Morgan fingerprint density at radius 1 is 1.06 bits per heavy atom. The van der Waals surface area contributed by atoms with Crippen molar-refractivity contribution in [1.29, 1.82) is 0 Å². The fourth-order valence-corrected chi connectivity index (χ4v) is 3.05. The van der Waals surface area contributed by atoms with Gasteiger partial charge in [0.2, 0.25) is 0 Å². The lowest BCUT2D eigenvalue weighted by Gasteiger charge is -2.06. The molecule has 7 nitrogen and oxygen atoms in total. The Balaban J connectivity index is 1.30. The van der Waals surface area contributed by atoms with Crippen LogP contribution in [-0.2, 0) is 13.2 Å². The predicted molar refractivity (Wildman–Crippen MR) is 116 cm³/mol. The van der Waals surface area contributed by atoms with Gasteiger partial charge in [0.05, 0.1) is 13.2 Å². The molecule has 4 rings (SSSR count). The number of carbonyl (C=O) groups excluding carboxylic acids is 1. The molecule has 8 heteroatoms. The van der Waals surface area contributed by atoms with E-state index in [1.807, 2.05) is 37.3 Å². The monoisotopic (exact) mass is 435 g/mol. The molecule has 0 saturated heterocycles. The molecule has 0 atom stereocenters. The average molecular weight is 435 g/mol. The number of hydrogen-bond acceptors (Lipinski definition) is 5. The van der Waals surface area contributed by atoms with Gasteiger partial charge in [-0.05, 0) is 61.0 Å². The number of nitrogens with one attached hydrogen (secondary N) is 1. The first-order chi connectivity index (χ1) is 15.6. The van der Waals surface area contributed by atoms with E-state index in [0.29, 0.717) is 30.5 Å². The Hall–Kier alpha value is -4.07. The van der Waals surface area contributed by atoms with E-state index in [1.165, 1.54) is 12.1 Å². The number of ether oxygens (including phenoxy) is 2. The van der Waals surface area contributed by atoms with Crippen LogP contribution in [-0.4, -0.2) is 22.3 Å². The summed E-state index contributed by atoms with van der Waals surface area (Å²) in [7, 11) is 0. The summed E-state index contributed by atoms with van der Waals surface area (Å²) in [6.45, 7) is 3.10. The highest BCUT2D eigenvalue weighted by molar-refractivity contribution is 6.01. The van der Waals surface area contributed by atoms with Crippen molar-refractivity contribution in [2.75, 3.05) is 11.9 Å². The lowest BCUT2D eigenvalue weighted by molar-refractivity contribution is 0.0992. The molecule has 0 aliphatic carbocycles. The normalized spacial score (nSPS) is 10.7. The van der Waals surface area contributed by atoms with E-state index in [4.69, 9.17) is 13.9 Å². The number of halogens is 1. The largest absolute Gasteiger partial charge is 0.494 e. The first kappa shape index (κ1) is 21.2. The number of carbonyl (C=O) groups is 1. The van der Waals surface area contributed by atoms with Gasteiger partial charge >= 0.3 is 0 Å². The van der Waals surface area contributed by atoms with Gasteiger partial charge in [-0.25, -0.2) is 4.39 Å². The summed E-state index contributed by atoms with van der Waals surface area (Å²) >= 11 is 0. The number of hydrogen-bond donors (Lipinski definition) is 1. The molecule has 0 aliphatic heterocycles. The molecule has 0 aliphatic rings. The first-order valence-electron chi connectivity index (χ1n) is 10.1. The van der Waals surface area contributed by atoms with Crippen LogP contribution < -0.4 is 14.8 Å². The minimum atomic E-state index is -0.423. The molecule has 1 N–H and O–H groups in total. The summed E-state index contributed by atoms with van der Waals surface area (Å²) in [6, 6.07) is 18.5. The van der Waals surface area contributed by atoms with Crippen molar-refractivity contribution in [1.82, 2.24) is 9.78 Å². The number of anilines is 1. The molecule has 4 aromatic rings. The quantitative estimate of drug-likeness (QED) is 0.405. The smallest absolute Gasteiger partial charge is 0.292 e. The van der Waals surface area contributed by atoms with Gasteiger partial charge in [-0.3, -0.25) is 9.48 Å². The molecule has 0 unspecified atom stereocenters. The number of nitrogens with zero attached hydrogens (tertiary/aromatic N) is 2. The molecular weight excluding hydrogens is 413 g/mol. The van der Waals surface area contributed by atoms with Crippen LogP contribution in [0.3, 0.4) is 0 Å². The van der Waals surface area contributed by atoms with Gasteiger partial charge in [0, 0.05) is 12.3 Å². The van der Waals surface area contributed by atoms with Crippen LogP contribution in [0.5, 0.6) is 11.5 Å². The van der Waals surface area contributed by atoms with Crippen LogP contribution in [0.2, 0.25) is 0 Å². The molecule has 2 heterocycles. The zero-order valence-corrected chi connectivity index (χ0v) is 17.5. The third kappa shape index (κ3) is 5.54. The molecule has 0 spiro atoms. The van der Waals surface area contributed by atoms with Gasteiger partial charge in [-0.15, -0.1) is 0 Å². The van der Waals surface area contributed by atoms with Gasteiger partial charge < -0.3 is 19.2 Å². The maximum Gasteiger partial charge on any atom is 0.292 e. The molecule has 0 saturated carbocycles. The summed E-state index contributed by atoms with van der Waals surface area (Å²) < 4.78 is 31.6. The molecule has 32 heavy (non-hydrogen) atoms. The Kier molecular flexibility index (Phi) is 6.50. The molecule has 164 valence electrons. The topological polar surface area (TPSA) is 78.5 Å². The van der Waals surface area contributed by atoms with E-state index < -0.39 is 5.91 Å². The highest BCUT2D eigenvalue weighted by Crippen LogP contribution is 2.19. The van der Waals surface area contributed by atoms with E-state index in [0.717, 1.165) is 11.3 Å². The zero-order valence-electron chi connectivity index (χ0n) is 17.5. The van der Waals surface area contributed by atoms with Crippen molar-refractivity contribution >= 4 is 11.7 Å². The highest BCUT2D eigenvalue weighted by Gasteiger charge is 2.13. The molecule has 0 bridgehead atoms. The van der Waals surface area contributed by atoms with Crippen LogP contribution in [0.1, 0.15) is 28.8 Å². The molecule has 2 aromatic carbocycles. The fourth-order valence-electron chi connectivity index (χ4n) is 3.05. The van der Waals surface area contributed by atoms with Crippen LogP contribution in [0.25, 0.3) is 0 Å². The van der Waals surface area contributed by atoms with Crippen LogP contribution >= 0.6 is 0 Å². The van der Waals surface area contributed by atoms with Gasteiger partial charge in [0.15, 0.2) is 11.6 Å². The van der Waals surface area contributed by atoms with E-state index in [-0.39, 0.29) is 18.2 Å². The fraction of sp³-hybridized carbons (Fsp3) is 0.167. The van der Waals surface area contributed by atoms with Crippen molar-refractivity contribution in [3.05, 3.63) is 95.8 Å². The number of amides is 1. The maximum atomic E-state index is 13.3. The Morgan fingerprint density at radius 3 is 2.59 bits per heavy atom. The molecule has 0 fully saturated rings. The second kappa shape index (κ2) is 9.82. The molecule has 1 amide bonds. The van der Waals surface area contributed by atoms with Gasteiger partial charge in [0.1, 0.15) is 29.7 Å². The van der Waals surface area contributed by atoms with Crippen LogP contribution in [0, 0.1) is 5.82 Å². The zero-order chi connectivity index (χ0) is 22.3. The summed E-state index contributed by atoms with van der Waals surface area (Å²) in [5.74, 6) is 1.75. The summed E-state index contributed by atoms with van der Waals surface area (Å²) in [5, 5.41) is 6.98. The van der Waals surface area contributed by atoms with Crippen LogP contribution in [0.15, 0.2) is 77.3 Å².